The van der Waals surface area contributed by atoms with Crippen molar-refractivity contribution in [2.24, 2.45) is 0 Å². The predicted molar refractivity (Wildman–Crippen MR) is 74.8 cm³/mol. The zero-order valence-corrected chi connectivity index (χ0v) is 11.5. The second-order valence-corrected chi connectivity index (χ2v) is 5.24. The van der Waals surface area contributed by atoms with Gasteiger partial charge in [0.1, 0.15) is 0 Å². The molecule has 1 aliphatic carbocycles. The highest BCUT2D eigenvalue weighted by Gasteiger charge is 2.37. The van der Waals surface area contributed by atoms with Crippen LogP contribution in [0.5, 0.6) is 0 Å². The molecule has 3 N–H and O–H groups in total. The molecular formula is C14H18F3N3O. The third-order valence-electron chi connectivity index (χ3n) is 3.24. The molecule has 0 aliphatic heterocycles. The highest BCUT2D eigenvalue weighted by molar-refractivity contribution is 5.91. The molecule has 0 bridgehead atoms. The zero-order chi connectivity index (χ0) is 15.5. The van der Waals surface area contributed by atoms with E-state index in [-0.39, 0.29) is 24.9 Å². The first-order chi connectivity index (χ1) is 9.83. The van der Waals surface area contributed by atoms with Crippen LogP contribution < -0.4 is 11.1 Å². The van der Waals surface area contributed by atoms with E-state index in [0.29, 0.717) is 11.4 Å². The molecule has 2 rings (SSSR count). The summed E-state index contributed by atoms with van der Waals surface area (Å²) < 4.78 is 37.4. The van der Waals surface area contributed by atoms with E-state index in [1.807, 2.05) is 0 Å². The maximum Gasteiger partial charge on any atom is 0.401 e. The minimum absolute atomic E-state index is 0.0291. The second-order valence-electron chi connectivity index (χ2n) is 5.24. The maximum absolute atomic E-state index is 12.5. The molecule has 116 valence electrons. The first-order valence-corrected chi connectivity index (χ1v) is 6.80. The van der Waals surface area contributed by atoms with Gasteiger partial charge in [-0.25, -0.2) is 0 Å². The van der Waals surface area contributed by atoms with Gasteiger partial charge in [-0.1, -0.05) is 6.07 Å². The summed E-state index contributed by atoms with van der Waals surface area (Å²) in [7, 11) is 0. The number of nitrogens with two attached hydrogens (primary N) is 1. The Hall–Kier alpha value is -1.76. The number of anilines is 2. The van der Waals surface area contributed by atoms with Gasteiger partial charge in [0.15, 0.2) is 0 Å². The largest absolute Gasteiger partial charge is 0.401 e. The average molecular weight is 301 g/mol. The Kier molecular flexibility index (Phi) is 4.72. The number of rotatable bonds is 6. The average Bonchev–Trinajstić information content (AvgIpc) is 3.17. The molecule has 7 heteroatoms. The summed E-state index contributed by atoms with van der Waals surface area (Å²) in [6, 6.07) is 6.64. The summed E-state index contributed by atoms with van der Waals surface area (Å²) in [6.45, 7) is -0.846. The second kappa shape index (κ2) is 6.34. The number of nitrogens with one attached hydrogen (secondary N) is 1. The molecule has 0 radical (unpaired) electrons. The number of benzene rings is 1. The van der Waals surface area contributed by atoms with Gasteiger partial charge in [0.05, 0.1) is 6.54 Å². The minimum atomic E-state index is -4.23. The summed E-state index contributed by atoms with van der Waals surface area (Å²) >= 11 is 0. The van der Waals surface area contributed by atoms with Gasteiger partial charge < -0.3 is 11.1 Å². The van der Waals surface area contributed by atoms with Crippen molar-refractivity contribution in [2.45, 2.75) is 31.5 Å². The number of alkyl halides is 3. The van der Waals surface area contributed by atoms with Crippen LogP contribution in [-0.2, 0) is 4.79 Å². The van der Waals surface area contributed by atoms with Crippen molar-refractivity contribution in [3.8, 4) is 0 Å². The molecule has 4 nitrogen and oxygen atoms in total. The minimum Gasteiger partial charge on any atom is -0.399 e. The van der Waals surface area contributed by atoms with Crippen molar-refractivity contribution in [1.29, 1.82) is 0 Å². The number of carbonyl (C=O) groups is 1. The Morgan fingerprint density at radius 2 is 2.10 bits per heavy atom. The van der Waals surface area contributed by atoms with E-state index in [2.05, 4.69) is 5.32 Å². The SMILES string of the molecule is Nc1cccc(NC(=O)CCN(CC(F)(F)F)C2CC2)c1. The lowest BCUT2D eigenvalue weighted by molar-refractivity contribution is -0.148. The molecule has 1 aromatic rings. The Morgan fingerprint density at radius 1 is 1.38 bits per heavy atom. The Labute approximate surface area is 121 Å². The highest BCUT2D eigenvalue weighted by Crippen LogP contribution is 2.30. The first-order valence-electron chi connectivity index (χ1n) is 6.80. The molecule has 0 saturated heterocycles. The van der Waals surface area contributed by atoms with E-state index in [1.165, 1.54) is 4.90 Å². The Balaban J connectivity index is 1.81. The van der Waals surface area contributed by atoms with Crippen LogP contribution in [0.15, 0.2) is 24.3 Å². The molecule has 0 spiro atoms. The molecule has 1 amide bonds. The molecule has 0 unspecified atom stereocenters. The van der Waals surface area contributed by atoms with Crippen LogP contribution in [0.25, 0.3) is 0 Å². The molecule has 1 fully saturated rings. The van der Waals surface area contributed by atoms with Gasteiger partial charge in [-0.05, 0) is 31.0 Å². The van der Waals surface area contributed by atoms with Gasteiger partial charge >= 0.3 is 6.18 Å². The zero-order valence-electron chi connectivity index (χ0n) is 11.5. The van der Waals surface area contributed by atoms with Gasteiger partial charge in [0.2, 0.25) is 5.91 Å². The van der Waals surface area contributed by atoms with Crippen molar-refractivity contribution in [1.82, 2.24) is 4.90 Å². The molecule has 1 aromatic carbocycles. The standard InChI is InChI=1S/C14H18F3N3O/c15-14(16,17)9-20(12-4-5-12)7-6-13(21)19-11-3-1-2-10(18)8-11/h1-3,8,12H,4-7,9,18H2,(H,19,21). The van der Waals surface area contributed by atoms with E-state index in [0.717, 1.165) is 12.8 Å². The van der Waals surface area contributed by atoms with E-state index in [9.17, 15) is 18.0 Å². The maximum atomic E-state index is 12.5. The molecule has 1 saturated carbocycles. The van der Waals surface area contributed by atoms with Crippen molar-refractivity contribution in [3.05, 3.63) is 24.3 Å². The van der Waals surface area contributed by atoms with Crippen LogP contribution in [0, 0.1) is 0 Å². The van der Waals surface area contributed by atoms with Crippen LogP contribution in [-0.4, -0.2) is 36.1 Å². The quantitative estimate of drug-likeness (QED) is 0.794. The monoisotopic (exact) mass is 301 g/mol. The summed E-state index contributed by atoms with van der Waals surface area (Å²) in [4.78, 5) is 13.1. The van der Waals surface area contributed by atoms with E-state index in [1.54, 1.807) is 24.3 Å². The number of nitrogen functional groups attached to an aromatic ring is 1. The lowest BCUT2D eigenvalue weighted by Gasteiger charge is -2.23. The highest BCUT2D eigenvalue weighted by atomic mass is 19.4. The number of hydrogen-bond acceptors (Lipinski definition) is 3. The number of hydrogen-bond donors (Lipinski definition) is 2. The fourth-order valence-corrected chi connectivity index (χ4v) is 2.15. The number of halogens is 3. The number of carbonyl (C=O) groups excluding carboxylic acids is 1. The molecule has 1 aliphatic rings. The van der Waals surface area contributed by atoms with Gasteiger partial charge in [-0.3, -0.25) is 9.69 Å². The third-order valence-corrected chi connectivity index (χ3v) is 3.24. The van der Waals surface area contributed by atoms with Crippen LogP contribution in [0.3, 0.4) is 0 Å². The van der Waals surface area contributed by atoms with Crippen LogP contribution in [0.1, 0.15) is 19.3 Å². The van der Waals surface area contributed by atoms with E-state index in [4.69, 9.17) is 5.73 Å². The van der Waals surface area contributed by atoms with Crippen LogP contribution in [0.2, 0.25) is 0 Å². The fraction of sp³-hybridized carbons (Fsp3) is 0.500. The summed E-state index contributed by atoms with van der Waals surface area (Å²) in [5.41, 5.74) is 6.66. The summed E-state index contributed by atoms with van der Waals surface area (Å²) in [5, 5.41) is 2.63. The summed E-state index contributed by atoms with van der Waals surface area (Å²) in [6.07, 6.45) is -2.66. The molecule has 0 atom stereocenters. The molecule has 0 aromatic heterocycles. The van der Waals surface area contributed by atoms with Gasteiger partial charge in [-0.15, -0.1) is 0 Å². The van der Waals surface area contributed by atoms with Crippen LogP contribution in [0.4, 0.5) is 24.5 Å². The topological polar surface area (TPSA) is 58.4 Å². The van der Waals surface area contributed by atoms with Gasteiger partial charge in [0, 0.05) is 30.4 Å². The lowest BCUT2D eigenvalue weighted by Crippen LogP contribution is -2.37. The Morgan fingerprint density at radius 3 is 2.67 bits per heavy atom. The molecule has 21 heavy (non-hydrogen) atoms. The molecule has 0 heterocycles. The van der Waals surface area contributed by atoms with Crippen molar-refractivity contribution in [3.63, 3.8) is 0 Å². The normalized spacial score (nSPS) is 15.2. The predicted octanol–water partition coefficient (Wildman–Crippen LogP) is 2.62. The van der Waals surface area contributed by atoms with Gasteiger partial charge in [0.25, 0.3) is 0 Å². The lowest BCUT2D eigenvalue weighted by atomic mass is 10.2. The fourth-order valence-electron chi connectivity index (χ4n) is 2.15. The summed E-state index contributed by atoms with van der Waals surface area (Å²) in [5.74, 6) is -0.312. The van der Waals surface area contributed by atoms with Crippen molar-refractivity contribution >= 4 is 17.3 Å². The number of amides is 1. The van der Waals surface area contributed by atoms with Crippen LogP contribution >= 0.6 is 0 Å². The first kappa shape index (κ1) is 15.6. The van der Waals surface area contributed by atoms with Crippen molar-refractivity contribution < 1.29 is 18.0 Å². The molecular weight excluding hydrogens is 283 g/mol. The number of nitrogens with zero attached hydrogens (tertiary/aromatic N) is 1. The van der Waals surface area contributed by atoms with E-state index >= 15 is 0 Å². The van der Waals surface area contributed by atoms with E-state index < -0.39 is 12.7 Å². The Bertz CT molecular complexity index is 500. The smallest absolute Gasteiger partial charge is 0.399 e. The van der Waals surface area contributed by atoms with Gasteiger partial charge in [-0.2, -0.15) is 13.2 Å². The van der Waals surface area contributed by atoms with Crippen molar-refractivity contribution in [2.75, 3.05) is 24.1 Å². The third kappa shape index (κ3) is 5.63.